The van der Waals surface area contributed by atoms with E-state index < -0.39 is 82.3 Å². The van der Waals surface area contributed by atoms with Crippen LogP contribution in [0.3, 0.4) is 0 Å². The maximum absolute atomic E-state index is 13.9. The molecule has 2 bridgehead atoms. The van der Waals surface area contributed by atoms with Crippen LogP contribution in [0.1, 0.15) is 71.2 Å². The number of benzene rings is 1. The standard InChI is InChI=1S/C33H40O11/c1-16-22(41-17(2)34)14-33(39)28(43-29(38)20-10-8-7-9-11-20)26-31(27(37)25(42-18(3)35)24(16)30(33,5)6)13-21(31)12-23-32(26,15-40-23)44-19(4)36/h7-11,21-23,25-28,37,39H,12-15H2,1-6H3/t21-,22+,23-,25-,26+,27+,28+,31-,32+,33-/m1/s1. The number of ether oxygens (including phenoxy) is 5. The van der Waals surface area contributed by atoms with Crippen molar-refractivity contribution in [3.8, 4) is 0 Å². The van der Waals surface area contributed by atoms with E-state index in [0.29, 0.717) is 24.0 Å². The van der Waals surface area contributed by atoms with Crippen LogP contribution in [0.25, 0.3) is 0 Å². The van der Waals surface area contributed by atoms with Crippen LogP contribution in [0.15, 0.2) is 41.5 Å². The molecule has 1 aliphatic heterocycles. The molecule has 6 rings (SSSR count). The summed E-state index contributed by atoms with van der Waals surface area (Å²) < 4.78 is 30.1. The summed E-state index contributed by atoms with van der Waals surface area (Å²) >= 11 is 0. The minimum atomic E-state index is -1.96. The smallest absolute Gasteiger partial charge is 0.338 e. The van der Waals surface area contributed by atoms with Gasteiger partial charge >= 0.3 is 23.9 Å². The first-order chi connectivity index (χ1) is 20.6. The number of rotatable bonds is 5. The molecule has 11 nitrogen and oxygen atoms in total. The van der Waals surface area contributed by atoms with Gasteiger partial charge in [-0.2, -0.15) is 0 Å². The van der Waals surface area contributed by atoms with Crippen LogP contribution < -0.4 is 0 Å². The maximum Gasteiger partial charge on any atom is 0.338 e. The second-order valence-corrected chi connectivity index (χ2v) is 13.7. The number of hydrogen-bond acceptors (Lipinski definition) is 11. The summed E-state index contributed by atoms with van der Waals surface area (Å²) in [7, 11) is 0. The number of carbonyl (C=O) groups is 4. The molecule has 3 saturated carbocycles. The van der Waals surface area contributed by atoms with E-state index in [1.165, 1.54) is 20.8 Å². The van der Waals surface area contributed by atoms with Gasteiger partial charge in [-0.1, -0.05) is 32.0 Å². The predicted octanol–water partition coefficient (Wildman–Crippen LogP) is 2.65. The molecule has 44 heavy (non-hydrogen) atoms. The van der Waals surface area contributed by atoms with Gasteiger partial charge in [0.15, 0.2) is 11.7 Å². The lowest BCUT2D eigenvalue weighted by Crippen LogP contribution is -2.78. The minimum absolute atomic E-state index is 0.0354. The van der Waals surface area contributed by atoms with Gasteiger partial charge in [-0.3, -0.25) is 14.4 Å². The highest BCUT2D eigenvalue weighted by Gasteiger charge is 2.83. The van der Waals surface area contributed by atoms with E-state index in [1.54, 1.807) is 51.1 Å². The summed E-state index contributed by atoms with van der Waals surface area (Å²) in [6.07, 6.45) is -4.74. The number of aliphatic hydroxyl groups is 2. The summed E-state index contributed by atoms with van der Waals surface area (Å²) in [5.41, 5.74) is -4.50. The molecule has 1 heterocycles. The van der Waals surface area contributed by atoms with E-state index in [0.717, 1.165) is 0 Å². The lowest BCUT2D eigenvalue weighted by molar-refractivity contribution is -0.335. The zero-order valence-electron chi connectivity index (χ0n) is 25.8. The summed E-state index contributed by atoms with van der Waals surface area (Å²) in [6, 6.07) is 8.33. The molecule has 1 aromatic rings. The number of hydrogen-bond donors (Lipinski definition) is 2. The maximum atomic E-state index is 13.9. The fourth-order valence-electron chi connectivity index (χ4n) is 9.11. The van der Waals surface area contributed by atoms with Crippen molar-refractivity contribution < 1.29 is 53.1 Å². The highest BCUT2D eigenvalue weighted by atomic mass is 16.6. The molecule has 4 aliphatic carbocycles. The first-order valence-electron chi connectivity index (χ1n) is 15.1. The Morgan fingerprint density at radius 2 is 1.59 bits per heavy atom. The van der Waals surface area contributed by atoms with Gasteiger partial charge in [-0.05, 0) is 49.0 Å². The van der Waals surface area contributed by atoms with Gasteiger partial charge in [-0.25, -0.2) is 4.79 Å². The Kier molecular flexibility index (Phi) is 7.07. The second kappa shape index (κ2) is 10.1. The van der Waals surface area contributed by atoms with Crippen LogP contribution in [-0.4, -0.2) is 82.4 Å². The summed E-state index contributed by atoms with van der Waals surface area (Å²) in [5, 5.41) is 25.6. The molecule has 0 radical (unpaired) electrons. The van der Waals surface area contributed by atoms with Crippen LogP contribution in [0.5, 0.6) is 0 Å². The Bertz CT molecular complexity index is 1430. The summed E-state index contributed by atoms with van der Waals surface area (Å²) in [6.45, 7) is 8.94. The fraction of sp³-hybridized carbons (Fsp3) is 0.636. The predicted molar refractivity (Wildman–Crippen MR) is 152 cm³/mol. The Labute approximate surface area is 255 Å². The highest BCUT2D eigenvalue weighted by Crippen LogP contribution is 2.75. The largest absolute Gasteiger partial charge is 0.458 e. The third kappa shape index (κ3) is 4.19. The Balaban J connectivity index is 1.63. The zero-order chi connectivity index (χ0) is 32.0. The van der Waals surface area contributed by atoms with Crippen LogP contribution in [0.2, 0.25) is 0 Å². The molecule has 0 amide bonds. The molecule has 2 N–H and O–H groups in total. The molecule has 238 valence electrons. The fourth-order valence-corrected chi connectivity index (χ4v) is 9.11. The van der Waals surface area contributed by atoms with Gasteiger partial charge in [0, 0.05) is 38.0 Å². The van der Waals surface area contributed by atoms with Crippen LogP contribution in [-0.2, 0) is 38.1 Å². The average molecular weight is 613 g/mol. The topological polar surface area (TPSA) is 155 Å². The van der Waals surface area contributed by atoms with Crippen LogP contribution >= 0.6 is 0 Å². The van der Waals surface area contributed by atoms with Crippen molar-refractivity contribution in [2.75, 3.05) is 6.61 Å². The van der Waals surface area contributed by atoms with Crippen molar-refractivity contribution in [3.05, 3.63) is 47.0 Å². The molecule has 0 aromatic heterocycles. The van der Waals surface area contributed by atoms with Crippen LogP contribution in [0, 0.1) is 22.7 Å². The van der Waals surface area contributed by atoms with Gasteiger partial charge in [-0.15, -0.1) is 0 Å². The molecule has 4 fully saturated rings. The van der Waals surface area contributed by atoms with Gasteiger partial charge in [0.25, 0.3) is 0 Å². The zero-order valence-corrected chi connectivity index (χ0v) is 25.8. The van der Waals surface area contributed by atoms with Crippen molar-refractivity contribution in [2.24, 2.45) is 22.7 Å². The quantitative estimate of drug-likeness (QED) is 0.286. The van der Waals surface area contributed by atoms with Crippen molar-refractivity contribution in [3.63, 3.8) is 0 Å². The van der Waals surface area contributed by atoms with E-state index in [9.17, 15) is 29.4 Å². The van der Waals surface area contributed by atoms with E-state index in [2.05, 4.69) is 0 Å². The van der Waals surface area contributed by atoms with Crippen LogP contribution in [0.4, 0.5) is 0 Å². The third-order valence-electron chi connectivity index (χ3n) is 11.1. The molecule has 10 atom stereocenters. The van der Waals surface area contributed by atoms with Gasteiger partial charge in [0.05, 0.1) is 18.1 Å². The number of aliphatic hydroxyl groups excluding tert-OH is 1. The average Bonchev–Trinajstić information content (AvgIpc) is 3.66. The molecule has 1 spiro atoms. The van der Waals surface area contributed by atoms with Gasteiger partial charge < -0.3 is 33.9 Å². The number of fused-ring (bicyclic) bond motifs is 4. The van der Waals surface area contributed by atoms with E-state index >= 15 is 0 Å². The van der Waals surface area contributed by atoms with Gasteiger partial charge in [0.1, 0.15) is 30.0 Å². The molecule has 11 heteroatoms. The van der Waals surface area contributed by atoms with E-state index in [4.69, 9.17) is 23.7 Å². The normalized spacial score (nSPS) is 41.2. The SMILES string of the molecule is CC(=O)O[C@H]1C[C@@]2(O)[C@@H](OC(=O)c3ccccc3)[C@@H]3[C@]4(OC(C)=O)CO[C@@H]4C[C@@H]4C[C@@]43[C@@H](O)[C@H](OC(C)=O)C(=C1C)C2(C)C. The monoisotopic (exact) mass is 612 g/mol. The molecule has 1 aromatic carbocycles. The molecule has 5 aliphatic rings. The Morgan fingerprint density at radius 3 is 2.16 bits per heavy atom. The first kappa shape index (κ1) is 30.7. The number of carbonyl (C=O) groups excluding carboxylic acids is 4. The molecule has 0 unspecified atom stereocenters. The molecule has 1 saturated heterocycles. The van der Waals surface area contributed by atoms with E-state index in [-0.39, 0.29) is 24.5 Å². The lowest BCUT2D eigenvalue weighted by Gasteiger charge is -2.65. The lowest BCUT2D eigenvalue weighted by atomic mass is 9.48. The minimum Gasteiger partial charge on any atom is -0.458 e. The van der Waals surface area contributed by atoms with Crippen molar-refractivity contribution in [1.82, 2.24) is 0 Å². The summed E-state index contributed by atoms with van der Waals surface area (Å²) in [4.78, 5) is 51.4. The Morgan fingerprint density at radius 1 is 0.932 bits per heavy atom. The van der Waals surface area contributed by atoms with Crippen molar-refractivity contribution in [2.45, 2.75) is 103 Å². The Hall–Kier alpha value is -3.28. The van der Waals surface area contributed by atoms with Crippen molar-refractivity contribution >= 4 is 23.9 Å². The van der Waals surface area contributed by atoms with E-state index in [1.807, 2.05) is 0 Å². The second-order valence-electron chi connectivity index (χ2n) is 13.7. The van der Waals surface area contributed by atoms with Gasteiger partial charge in [0.2, 0.25) is 0 Å². The third-order valence-corrected chi connectivity index (χ3v) is 11.1. The first-order valence-corrected chi connectivity index (χ1v) is 15.1. The van der Waals surface area contributed by atoms with Crippen molar-refractivity contribution in [1.29, 1.82) is 0 Å². The summed E-state index contributed by atoms with van der Waals surface area (Å²) in [5.74, 6) is -3.66. The molecular formula is C33H40O11. The number of esters is 4. The molecular weight excluding hydrogens is 572 g/mol. The highest BCUT2D eigenvalue weighted by molar-refractivity contribution is 5.89.